The molecule has 0 aliphatic rings. The number of rotatable bonds is 10. The quantitative estimate of drug-likeness (QED) is 0.645. The number of nitrogens with one attached hydrogen (secondary N) is 1. The third kappa shape index (κ3) is 5.16. The molecule has 0 bridgehead atoms. The Morgan fingerprint density at radius 1 is 1.39 bits per heavy atom. The van der Waals surface area contributed by atoms with Crippen LogP contribution in [0.25, 0.3) is 0 Å². The molecule has 0 spiro atoms. The first-order chi connectivity index (χ1) is 8.81. The van der Waals surface area contributed by atoms with Gasteiger partial charge in [-0.2, -0.15) is 0 Å². The molecular weight excluding hydrogens is 230 g/mol. The highest BCUT2D eigenvalue weighted by Crippen LogP contribution is 2.14. The van der Waals surface area contributed by atoms with E-state index in [0.717, 1.165) is 44.8 Å². The summed E-state index contributed by atoms with van der Waals surface area (Å²) < 4.78 is 12.4. The van der Waals surface area contributed by atoms with Crippen molar-refractivity contribution in [1.29, 1.82) is 0 Å². The van der Waals surface area contributed by atoms with Crippen LogP contribution < -0.4 is 5.32 Å². The molecule has 0 aliphatic carbocycles. The highest BCUT2D eigenvalue weighted by Gasteiger charge is 2.10. The molecule has 1 heterocycles. The van der Waals surface area contributed by atoms with Gasteiger partial charge in [0.2, 0.25) is 0 Å². The van der Waals surface area contributed by atoms with Gasteiger partial charge in [-0.15, -0.1) is 0 Å². The minimum absolute atomic E-state index is 0.389. The van der Waals surface area contributed by atoms with Gasteiger partial charge in [-0.25, -0.2) is 4.98 Å². The van der Waals surface area contributed by atoms with Crippen molar-refractivity contribution in [3.05, 3.63) is 18.2 Å². The number of nitrogens with zero attached hydrogens (tertiary/aromatic N) is 2. The van der Waals surface area contributed by atoms with Crippen LogP contribution in [-0.4, -0.2) is 43.5 Å². The molecule has 1 atom stereocenters. The van der Waals surface area contributed by atoms with E-state index in [4.69, 9.17) is 9.47 Å². The van der Waals surface area contributed by atoms with Gasteiger partial charge in [-0.3, -0.25) is 0 Å². The minimum Gasteiger partial charge on any atom is -0.383 e. The Bertz CT molecular complexity index is 309. The van der Waals surface area contributed by atoms with E-state index in [1.807, 2.05) is 6.33 Å². The van der Waals surface area contributed by atoms with E-state index in [1.54, 1.807) is 14.2 Å². The van der Waals surface area contributed by atoms with E-state index >= 15 is 0 Å². The molecule has 1 unspecified atom stereocenters. The van der Waals surface area contributed by atoms with E-state index in [-0.39, 0.29) is 0 Å². The van der Waals surface area contributed by atoms with Gasteiger partial charge >= 0.3 is 0 Å². The van der Waals surface area contributed by atoms with Gasteiger partial charge in [0.25, 0.3) is 0 Å². The lowest BCUT2D eigenvalue weighted by Gasteiger charge is -2.16. The van der Waals surface area contributed by atoms with Crippen molar-refractivity contribution in [2.45, 2.75) is 32.4 Å². The van der Waals surface area contributed by atoms with E-state index < -0.39 is 0 Å². The van der Waals surface area contributed by atoms with Crippen LogP contribution in [0.4, 0.5) is 0 Å². The van der Waals surface area contributed by atoms with Crippen molar-refractivity contribution >= 4 is 0 Å². The second kappa shape index (κ2) is 9.08. The predicted octanol–water partition coefficient (Wildman–Crippen LogP) is 1.61. The standard InChI is InChI=1S/C13H25N3O2/c1-4-5-13(10-18-3)16-9-12(15-11-16)8-14-6-7-17-2/h9,11,13-14H,4-8,10H2,1-3H3. The van der Waals surface area contributed by atoms with Crippen molar-refractivity contribution < 1.29 is 9.47 Å². The average Bonchev–Trinajstić information content (AvgIpc) is 2.83. The van der Waals surface area contributed by atoms with Crippen LogP contribution in [-0.2, 0) is 16.0 Å². The lowest BCUT2D eigenvalue weighted by Crippen LogP contribution is -2.18. The molecule has 18 heavy (non-hydrogen) atoms. The van der Waals surface area contributed by atoms with Crippen LogP contribution in [0, 0.1) is 0 Å². The van der Waals surface area contributed by atoms with E-state index in [9.17, 15) is 0 Å². The molecule has 0 fully saturated rings. The first-order valence-electron chi connectivity index (χ1n) is 6.52. The Labute approximate surface area is 109 Å². The molecule has 5 heteroatoms. The molecule has 1 N–H and O–H groups in total. The van der Waals surface area contributed by atoms with Gasteiger partial charge in [-0.1, -0.05) is 13.3 Å². The maximum absolute atomic E-state index is 5.25. The maximum Gasteiger partial charge on any atom is 0.0953 e. The highest BCUT2D eigenvalue weighted by molar-refractivity contribution is 4.97. The van der Waals surface area contributed by atoms with Crippen molar-refractivity contribution in [1.82, 2.24) is 14.9 Å². The van der Waals surface area contributed by atoms with Crippen LogP contribution >= 0.6 is 0 Å². The first-order valence-corrected chi connectivity index (χ1v) is 6.52. The highest BCUT2D eigenvalue weighted by atomic mass is 16.5. The molecule has 0 aliphatic heterocycles. The Morgan fingerprint density at radius 2 is 2.22 bits per heavy atom. The molecular formula is C13H25N3O2. The zero-order chi connectivity index (χ0) is 13.2. The molecule has 0 aromatic carbocycles. The van der Waals surface area contributed by atoms with Crippen LogP contribution in [0.15, 0.2) is 12.5 Å². The molecule has 1 rings (SSSR count). The molecule has 0 radical (unpaired) electrons. The molecule has 1 aromatic rings. The molecule has 5 nitrogen and oxygen atoms in total. The number of methoxy groups -OCH3 is 2. The summed E-state index contributed by atoms with van der Waals surface area (Å²) in [6.07, 6.45) is 6.25. The molecule has 1 aromatic heterocycles. The lowest BCUT2D eigenvalue weighted by atomic mass is 10.2. The number of imidazole rings is 1. The van der Waals surface area contributed by atoms with Gasteiger partial charge in [0.05, 0.1) is 31.3 Å². The Kier molecular flexibility index (Phi) is 7.64. The van der Waals surface area contributed by atoms with Crippen molar-refractivity contribution in [2.24, 2.45) is 0 Å². The number of aromatic nitrogens is 2. The largest absolute Gasteiger partial charge is 0.383 e. The Hall–Kier alpha value is -0.910. The smallest absolute Gasteiger partial charge is 0.0953 e. The van der Waals surface area contributed by atoms with Crippen LogP contribution in [0.2, 0.25) is 0 Å². The summed E-state index contributed by atoms with van der Waals surface area (Å²) in [6.45, 7) is 5.28. The zero-order valence-electron chi connectivity index (χ0n) is 11.7. The summed E-state index contributed by atoms with van der Waals surface area (Å²) in [5.74, 6) is 0. The zero-order valence-corrected chi connectivity index (χ0v) is 11.7. The fourth-order valence-electron chi connectivity index (χ4n) is 1.91. The predicted molar refractivity (Wildman–Crippen MR) is 71.6 cm³/mol. The number of hydrogen-bond donors (Lipinski definition) is 1. The van der Waals surface area contributed by atoms with Crippen LogP contribution in [0.1, 0.15) is 31.5 Å². The van der Waals surface area contributed by atoms with Crippen LogP contribution in [0.5, 0.6) is 0 Å². The Balaban J connectivity index is 2.44. The lowest BCUT2D eigenvalue weighted by molar-refractivity contribution is 0.150. The Morgan fingerprint density at radius 3 is 2.89 bits per heavy atom. The second-order valence-electron chi connectivity index (χ2n) is 4.38. The maximum atomic E-state index is 5.25. The van der Waals surface area contributed by atoms with Crippen molar-refractivity contribution in [3.63, 3.8) is 0 Å². The fraction of sp³-hybridized carbons (Fsp3) is 0.769. The average molecular weight is 255 g/mol. The molecule has 104 valence electrons. The van der Waals surface area contributed by atoms with Gasteiger partial charge in [0.15, 0.2) is 0 Å². The molecule has 0 saturated heterocycles. The summed E-state index contributed by atoms with van der Waals surface area (Å²) in [7, 11) is 3.45. The molecule has 0 saturated carbocycles. The summed E-state index contributed by atoms with van der Waals surface area (Å²) >= 11 is 0. The monoisotopic (exact) mass is 255 g/mol. The normalized spacial score (nSPS) is 12.8. The fourth-order valence-corrected chi connectivity index (χ4v) is 1.91. The summed E-state index contributed by atoms with van der Waals surface area (Å²) in [5.41, 5.74) is 1.06. The SMILES string of the molecule is CCCC(COC)n1cnc(CNCCOC)c1. The van der Waals surface area contributed by atoms with E-state index in [1.165, 1.54) is 0 Å². The van der Waals surface area contributed by atoms with Crippen molar-refractivity contribution in [2.75, 3.05) is 34.0 Å². The summed E-state index contributed by atoms with van der Waals surface area (Å²) in [6, 6.07) is 0.389. The second-order valence-corrected chi connectivity index (χ2v) is 4.38. The van der Waals surface area contributed by atoms with Gasteiger partial charge in [0, 0.05) is 33.5 Å². The van der Waals surface area contributed by atoms with Gasteiger partial charge in [-0.05, 0) is 6.42 Å². The first kappa shape index (κ1) is 15.1. The number of ether oxygens (including phenoxy) is 2. The summed E-state index contributed by atoms with van der Waals surface area (Å²) in [4.78, 5) is 4.40. The van der Waals surface area contributed by atoms with E-state index in [0.29, 0.717) is 6.04 Å². The third-order valence-electron chi connectivity index (χ3n) is 2.85. The van der Waals surface area contributed by atoms with E-state index in [2.05, 4.69) is 28.0 Å². The topological polar surface area (TPSA) is 48.3 Å². The third-order valence-corrected chi connectivity index (χ3v) is 2.85. The summed E-state index contributed by atoms with van der Waals surface area (Å²) in [5, 5.41) is 3.29. The minimum atomic E-state index is 0.389. The van der Waals surface area contributed by atoms with Gasteiger partial charge in [0.1, 0.15) is 0 Å². The van der Waals surface area contributed by atoms with Gasteiger partial charge < -0.3 is 19.4 Å². The molecule has 0 amide bonds. The van der Waals surface area contributed by atoms with Crippen LogP contribution in [0.3, 0.4) is 0 Å². The van der Waals surface area contributed by atoms with Crippen molar-refractivity contribution in [3.8, 4) is 0 Å². The number of hydrogen-bond acceptors (Lipinski definition) is 4.